The molecule has 1 amide bonds. The van der Waals surface area contributed by atoms with Gasteiger partial charge in [-0.3, -0.25) is 4.90 Å². The molecular weight excluding hydrogens is 292 g/mol. The number of aliphatic hydroxyl groups excluding tert-OH is 1. The minimum atomic E-state index is -0.333. The highest BCUT2D eigenvalue weighted by molar-refractivity contribution is 5.67. The lowest BCUT2D eigenvalue weighted by molar-refractivity contribution is 0.111. The van der Waals surface area contributed by atoms with E-state index in [0.29, 0.717) is 12.6 Å². The van der Waals surface area contributed by atoms with Crippen LogP contribution in [0.25, 0.3) is 0 Å². The van der Waals surface area contributed by atoms with Crippen LogP contribution in [0.1, 0.15) is 38.2 Å². The second kappa shape index (κ2) is 9.53. The van der Waals surface area contributed by atoms with Crippen LogP contribution in [0.3, 0.4) is 0 Å². The van der Waals surface area contributed by atoms with Gasteiger partial charge in [0.1, 0.15) is 6.61 Å². The van der Waals surface area contributed by atoms with E-state index in [-0.39, 0.29) is 18.7 Å². The summed E-state index contributed by atoms with van der Waals surface area (Å²) in [6, 6.07) is 10.4. The van der Waals surface area contributed by atoms with Crippen LogP contribution in [0, 0.1) is 0 Å². The van der Waals surface area contributed by atoms with E-state index in [1.54, 1.807) is 0 Å². The summed E-state index contributed by atoms with van der Waals surface area (Å²) < 4.78 is 5.27. The molecule has 0 saturated heterocycles. The first-order valence-electron chi connectivity index (χ1n) is 8.55. The number of nitrogens with one attached hydrogen (secondary N) is 1. The van der Waals surface area contributed by atoms with E-state index >= 15 is 0 Å². The summed E-state index contributed by atoms with van der Waals surface area (Å²) in [6.45, 7) is 4.34. The molecule has 1 fully saturated rings. The van der Waals surface area contributed by atoms with Crippen molar-refractivity contribution < 1.29 is 14.6 Å². The lowest BCUT2D eigenvalue weighted by Gasteiger charge is -2.36. The number of hydrogen-bond acceptors (Lipinski definition) is 4. The van der Waals surface area contributed by atoms with Gasteiger partial charge in [0.2, 0.25) is 0 Å². The first-order valence-corrected chi connectivity index (χ1v) is 8.55. The van der Waals surface area contributed by atoms with Gasteiger partial charge in [0.25, 0.3) is 0 Å². The second-order valence-corrected chi connectivity index (χ2v) is 6.06. The second-order valence-electron chi connectivity index (χ2n) is 6.06. The fourth-order valence-electron chi connectivity index (χ4n) is 3.24. The van der Waals surface area contributed by atoms with Crippen LogP contribution < -0.4 is 5.32 Å². The summed E-state index contributed by atoms with van der Waals surface area (Å²) in [6.07, 6.45) is 3.70. The summed E-state index contributed by atoms with van der Waals surface area (Å²) in [5.41, 5.74) is 0.994. The molecule has 2 rings (SSSR count). The van der Waals surface area contributed by atoms with Crippen molar-refractivity contribution in [1.29, 1.82) is 0 Å². The van der Waals surface area contributed by atoms with Crippen LogP contribution in [0.15, 0.2) is 30.3 Å². The van der Waals surface area contributed by atoms with Crippen molar-refractivity contribution in [2.24, 2.45) is 0 Å². The van der Waals surface area contributed by atoms with Crippen molar-refractivity contribution >= 4 is 6.09 Å². The Kier molecular flexibility index (Phi) is 7.36. The average molecular weight is 320 g/mol. The predicted octanol–water partition coefficient (Wildman–Crippen LogP) is 2.54. The Hall–Kier alpha value is -1.59. The molecule has 5 nitrogen and oxygen atoms in total. The first-order chi connectivity index (χ1) is 11.2. The molecule has 0 bridgehead atoms. The van der Waals surface area contributed by atoms with Crippen molar-refractivity contribution in [3.8, 4) is 0 Å². The average Bonchev–Trinajstić information content (AvgIpc) is 2.60. The zero-order valence-corrected chi connectivity index (χ0v) is 13.9. The van der Waals surface area contributed by atoms with E-state index in [1.807, 2.05) is 30.3 Å². The number of carbonyl (C=O) groups is 1. The van der Waals surface area contributed by atoms with Crippen LogP contribution in [-0.4, -0.2) is 47.9 Å². The molecule has 128 valence electrons. The van der Waals surface area contributed by atoms with Crippen LogP contribution in [0.2, 0.25) is 0 Å². The highest BCUT2D eigenvalue weighted by Gasteiger charge is 2.25. The molecule has 0 spiro atoms. The van der Waals surface area contributed by atoms with Gasteiger partial charge in [0.15, 0.2) is 0 Å². The molecule has 23 heavy (non-hydrogen) atoms. The number of likely N-dealkylation sites (N-methyl/N-ethyl adjacent to an activating group) is 1. The maximum Gasteiger partial charge on any atom is 0.407 e. The van der Waals surface area contributed by atoms with Gasteiger partial charge >= 0.3 is 6.09 Å². The summed E-state index contributed by atoms with van der Waals surface area (Å²) in [4.78, 5) is 14.2. The minimum Gasteiger partial charge on any atom is -0.445 e. The number of amides is 1. The van der Waals surface area contributed by atoms with E-state index in [0.717, 1.165) is 44.3 Å². The van der Waals surface area contributed by atoms with Crippen molar-refractivity contribution in [3.05, 3.63) is 35.9 Å². The minimum absolute atomic E-state index is 0.197. The van der Waals surface area contributed by atoms with Crippen LogP contribution in [0.4, 0.5) is 4.79 Å². The molecule has 5 heteroatoms. The lowest BCUT2D eigenvalue weighted by Crippen LogP contribution is -2.44. The number of carbonyl (C=O) groups excluding carboxylic acids is 1. The number of ether oxygens (including phenoxy) is 1. The molecule has 0 aliphatic heterocycles. The van der Waals surface area contributed by atoms with Gasteiger partial charge in [0, 0.05) is 18.6 Å². The molecule has 0 radical (unpaired) electrons. The molecule has 0 heterocycles. The molecule has 0 atom stereocenters. The third-order valence-electron chi connectivity index (χ3n) is 4.54. The van der Waals surface area contributed by atoms with Gasteiger partial charge < -0.3 is 15.2 Å². The molecule has 1 aliphatic rings. The van der Waals surface area contributed by atoms with Crippen LogP contribution in [-0.2, 0) is 11.3 Å². The van der Waals surface area contributed by atoms with E-state index < -0.39 is 0 Å². The Balaban J connectivity index is 1.68. The third-order valence-corrected chi connectivity index (χ3v) is 4.54. The molecule has 0 unspecified atom stereocenters. The van der Waals surface area contributed by atoms with E-state index in [4.69, 9.17) is 9.84 Å². The van der Waals surface area contributed by atoms with Crippen molar-refractivity contribution in [2.75, 3.05) is 19.7 Å². The van der Waals surface area contributed by atoms with Crippen molar-refractivity contribution in [1.82, 2.24) is 10.2 Å². The fraction of sp³-hybridized carbons (Fsp3) is 0.611. The van der Waals surface area contributed by atoms with E-state index in [2.05, 4.69) is 17.1 Å². The standard InChI is InChI=1S/C18H28N2O3/c1-2-20(12-13-21)17-10-8-16(9-11-17)19-18(22)23-14-15-6-4-3-5-7-15/h3-7,16-17,21H,2,8-14H2,1H3,(H,19,22). The molecule has 1 aromatic rings. The van der Waals surface area contributed by atoms with Crippen LogP contribution >= 0.6 is 0 Å². The maximum atomic E-state index is 11.9. The van der Waals surface area contributed by atoms with Gasteiger partial charge in [0.05, 0.1) is 6.61 Å². The highest BCUT2D eigenvalue weighted by Crippen LogP contribution is 2.23. The quantitative estimate of drug-likeness (QED) is 0.810. The lowest BCUT2D eigenvalue weighted by atomic mass is 9.90. The molecule has 2 N–H and O–H groups in total. The maximum absolute atomic E-state index is 11.9. The highest BCUT2D eigenvalue weighted by atomic mass is 16.5. The van der Waals surface area contributed by atoms with Crippen molar-refractivity contribution in [2.45, 2.75) is 51.3 Å². The topological polar surface area (TPSA) is 61.8 Å². The van der Waals surface area contributed by atoms with Crippen molar-refractivity contribution in [3.63, 3.8) is 0 Å². The fourth-order valence-corrected chi connectivity index (χ4v) is 3.24. The number of benzene rings is 1. The molecule has 1 aromatic carbocycles. The van der Waals surface area contributed by atoms with Gasteiger partial charge in [-0.05, 0) is 37.8 Å². The molecule has 1 aliphatic carbocycles. The summed E-state index contributed by atoms with van der Waals surface area (Å²) in [5.74, 6) is 0. The Bertz CT molecular complexity index is 459. The smallest absolute Gasteiger partial charge is 0.407 e. The van der Waals surface area contributed by atoms with Gasteiger partial charge in [-0.2, -0.15) is 0 Å². The third kappa shape index (κ3) is 5.84. The predicted molar refractivity (Wildman–Crippen MR) is 90.1 cm³/mol. The Labute approximate surface area is 138 Å². The Morgan fingerprint density at radius 1 is 1.26 bits per heavy atom. The van der Waals surface area contributed by atoms with Gasteiger partial charge in [-0.25, -0.2) is 4.79 Å². The number of nitrogens with zero attached hydrogens (tertiary/aromatic N) is 1. The number of hydrogen-bond donors (Lipinski definition) is 2. The normalized spacial score (nSPS) is 21.2. The monoisotopic (exact) mass is 320 g/mol. The summed E-state index contributed by atoms with van der Waals surface area (Å²) in [5, 5.41) is 12.1. The number of aliphatic hydroxyl groups is 1. The summed E-state index contributed by atoms with van der Waals surface area (Å²) in [7, 11) is 0. The van der Waals surface area contributed by atoms with E-state index in [1.165, 1.54) is 0 Å². The van der Waals surface area contributed by atoms with Gasteiger partial charge in [-0.15, -0.1) is 0 Å². The SMILES string of the molecule is CCN(CCO)C1CCC(NC(=O)OCc2ccccc2)CC1. The first kappa shape index (κ1) is 17.8. The van der Waals surface area contributed by atoms with Gasteiger partial charge in [-0.1, -0.05) is 37.3 Å². The zero-order valence-electron chi connectivity index (χ0n) is 13.9. The molecule has 1 saturated carbocycles. The van der Waals surface area contributed by atoms with Crippen LogP contribution in [0.5, 0.6) is 0 Å². The molecular formula is C18H28N2O3. The number of rotatable bonds is 7. The van der Waals surface area contributed by atoms with E-state index in [9.17, 15) is 4.79 Å². The Morgan fingerprint density at radius 2 is 1.96 bits per heavy atom. The number of alkyl carbamates (subject to hydrolysis) is 1. The molecule has 0 aromatic heterocycles. The Morgan fingerprint density at radius 3 is 2.57 bits per heavy atom. The zero-order chi connectivity index (χ0) is 16.5. The summed E-state index contributed by atoms with van der Waals surface area (Å²) >= 11 is 0. The largest absolute Gasteiger partial charge is 0.445 e.